The van der Waals surface area contributed by atoms with Gasteiger partial charge in [-0.1, -0.05) is 6.07 Å². The molecule has 1 aliphatic rings. The van der Waals surface area contributed by atoms with Crippen LogP contribution in [-0.2, 0) is 0 Å². The number of hydrogen-bond donors (Lipinski definition) is 1. The lowest BCUT2D eigenvalue weighted by atomic mass is 10.0. The third-order valence-electron chi connectivity index (χ3n) is 2.98. The molecular formula is C14H11F2NO3. The Hall–Kier alpha value is -2.21. The van der Waals surface area contributed by atoms with Gasteiger partial charge in [0, 0.05) is 18.0 Å². The second-order valence-electron chi connectivity index (χ2n) is 4.51. The van der Waals surface area contributed by atoms with Crippen LogP contribution >= 0.6 is 0 Å². The number of ether oxygens (including phenoxy) is 2. The Morgan fingerprint density at radius 1 is 1.10 bits per heavy atom. The predicted octanol–water partition coefficient (Wildman–Crippen LogP) is 3.12. The summed E-state index contributed by atoms with van der Waals surface area (Å²) in [7, 11) is 0. The van der Waals surface area contributed by atoms with Crippen LogP contribution in [0.15, 0.2) is 36.7 Å². The first-order valence-electron chi connectivity index (χ1n) is 5.98. The fourth-order valence-electron chi connectivity index (χ4n) is 1.97. The number of aliphatic hydroxyl groups excluding tert-OH is 1. The third-order valence-corrected chi connectivity index (χ3v) is 2.98. The van der Waals surface area contributed by atoms with Crippen molar-refractivity contribution in [3.8, 4) is 22.6 Å². The van der Waals surface area contributed by atoms with Gasteiger partial charge in [0.05, 0.1) is 6.10 Å². The molecule has 3 rings (SSSR count). The lowest BCUT2D eigenvalue weighted by Crippen LogP contribution is -2.25. The standard InChI is InChI=1S/C14H11F2NO3/c1-8(18)10-4-11(7-17-6-10)9-2-3-12-13(5-9)20-14(15,16)19-12/h2-8,18H,1H3/t8-/m1/s1. The average Bonchev–Trinajstić information content (AvgIpc) is 2.71. The zero-order valence-corrected chi connectivity index (χ0v) is 10.5. The number of pyridine rings is 1. The zero-order chi connectivity index (χ0) is 14.3. The van der Waals surface area contributed by atoms with Crippen LogP contribution in [0.4, 0.5) is 8.78 Å². The van der Waals surface area contributed by atoms with Gasteiger partial charge in [-0.15, -0.1) is 8.78 Å². The molecule has 0 saturated heterocycles. The Bertz CT molecular complexity index is 659. The molecule has 4 nitrogen and oxygen atoms in total. The van der Waals surface area contributed by atoms with Crippen LogP contribution in [0.5, 0.6) is 11.5 Å². The molecule has 1 aromatic heterocycles. The summed E-state index contributed by atoms with van der Waals surface area (Å²) in [6.45, 7) is 1.63. The minimum Gasteiger partial charge on any atom is -0.395 e. The van der Waals surface area contributed by atoms with Crippen LogP contribution < -0.4 is 9.47 Å². The van der Waals surface area contributed by atoms with E-state index in [0.717, 1.165) is 0 Å². The number of benzene rings is 1. The minimum atomic E-state index is -3.62. The van der Waals surface area contributed by atoms with Gasteiger partial charge in [0.25, 0.3) is 0 Å². The molecule has 0 bridgehead atoms. The van der Waals surface area contributed by atoms with Gasteiger partial charge in [-0.25, -0.2) is 0 Å². The number of rotatable bonds is 2. The number of alkyl halides is 2. The highest BCUT2D eigenvalue weighted by Gasteiger charge is 2.43. The highest BCUT2D eigenvalue weighted by Crippen LogP contribution is 2.42. The van der Waals surface area contributed by atoms with Gasteiger partial charge in [0.15, 0.2) is 11.5 Å². The summed E-state index contributed by atoms with van der Waals surface area (Å²) < 4.78 is 34.6. The van der Waals surface area contributed by atoms with Crippen LogP contribution in [0.25, 0.3) is 11.1 Å². The first-order valence-corrected chi connectivity index (χ1v) is 5.98. The first kappa shape index (κ1) is 12.8. The Kier molecular flexibility index (Phi) is 2.83. The van der Waals surface area contributed by atoms with Gasteiger partial charge in [-0.05, 0) is 36.2 Å². The molecule has 6 heteroatoms. The number of aliphatic hydroxyl groups is 1. The van der Waals surface area contributed by atoms with E-state index in [4.69, 9.17) is 0 Å². The number of aromatic nitrogens is 1. The van der Waals surface area contributed by atoms with Gasteiger partial charge >= 0.3 is 6.29 Å². The van der Waals surface area contributed by atoms with Crippen molar-refractivity contribution in [1.82, 2.24) is 4.98 Å². The average molecular weight is 279 g/mol. The third kappa shape index (κ3) is 2.30. The van der Waals surface area contributed by atoms with Crippen LogP contribution in [0.2, 0.25) is 0 Å². The molecule has 0 spiro atoms. The lowest BCUT2D eigenvalue weighted by molar-refractivity contribution is -0.286. The lowest BCUT2D eigenvalue weighted by Gasteiger charge is -2.07. The molecule has 104 valence electrons. The van der Waals surface area contributed by atoms with Gasteiger partial charge < -0.3 is 14.6 Å². The van der Waals surface area contributed by atoms with E-state index in [1.54, 1.807) is 31.5 Å². The Balaban J connectivity index is 1.99. The molecule has 0 unspecified atom stereocenters. The second kappa shape index (κ2) is 4.42. The van der Waals surface area contributed by atoms with E-state index in [1.807, 2.05) is 0 Å². The van der Waals surface area contributed by atoms with E-state index >= 15 is 0 Å². The van der Waals surface area contributed by atoms with E-state index in [-0.39, 0.29) is 11.5 Å². The largest absolute Gasteiger partial charge is 0.586 e. The molecule has 0 aliphatic carbocycles. The van der Waals surface area contributed by atoms with Crippen molar-refractivity contribution in [2.75, 3.05) is 0 Å². The maximum absolute atomic E-state index is 13.0. The topological polar surface area (TPSA) is 51.6 Å². The Morgan fingerprint density at radius 2 is 1.85 bits per heavy atom. The van der Waals surface area contributed by atoms with Crippen molar-refractivity contribution in [2.24, 2.45) is 0 Å². The molecule has 1 aromatic carbocycles. The highest BCUT2D eigenvalue weighted by atomic mass is 19.3. The second-order valence-corrected chi connectivity index (χ2v) is 4.51. The van der Waals surface area contributed by atoms with E-state index in [1.165, 1.54) is 12.1 Å². The molecule has 2 heterocycles. The number of hydrogen-bond acceptors (Lipinski definition) is 4. The molecule has 20 heavy (non-hydrogen) atoms. The number of halogens is 2. The molecule has 0 fully saturated rings. The fraction of sp³-hybridized carbons (Fsp3) is 0.214. The molecule has 0 saturated carbocycles. The summed E-state index contributed by atoms with van der Waals surface area (Å²) in [6.07, 6.45) is -1.14. The Morgan fingerprint density at radius 3 is 2.60 bits per heavy atom. The zero-order valence-electron chi connectivity index (χ0n) is 10.5. The molecule has 2 aromatic rings. The SMILES string of the molecule is C[C@@H](O)c1cncc(-c2ccc3c(c2)OC(F)(F)O3)c1. The van der Waals surface area contributed by atoms with Crippen molar-refractivity contribution in [3.05, 3.63) is 42.2 Å². The molecule has 0 amide bonds. The van der Waals surface area contributed by atoms with Gasteiger partial charge in [-0.3, -0.25) is 4.98 Å². The normalized spacial score (nSPS) is 17.0. The molecule has 1 N–H and O–H groups in total. The van der Waals surface area contributed by atoms with Crippen molar-refractivity contribution in [3.63, 3.8) is 0 Å². The Labute approximate surface area is 113 Å². The maximum Gasteiger partial charge on any atom is 0.586 e. The summed E-state index contributed by atoms with van der Waals surface area (Å²) in [5.74, 6) is -0.0201. The molecular weight excluding hydrogens is 268 g/mol. The number of fused-ring (bicyclic) bond motifs is 1. The van der Waals surface area contributed by atoms with Crippen LogP contribution in [0.1, 0.15) is 18.6 Å². The van der Waals surface area contributed by atoms with E-state index in [9.17, 15) is 13.9 Å². The number of nitrogens with zero attached hydrogens (tertiary/aromatic N) is 1. The molecule has 0 radical (unpaired) electrons. The maximum atomic E-state index is 13.0. The van der Waals surface area contributed by atoms with Crippen LogP contribution in [-0.4, -0.2) is 16.4 Å². The smallest absolute Gasteiger partial charge is 0.395 e. The van der Waals surface area contributed by atoms with Gasteiger partial charge in [-0.2, -0.15) is 0 Å². The van der Waals surface area contributed by atoms with Crippen molar-refractivity contribution in [1.29, 1.82) is 0 Å². The first-order chi connectivity index (χ1) is 9.44. The van der Waals surface area contributed by atoms with Gasteiger partial charge in [0.2, 0.25) is 0 Å². The van der Waals surface area contributed by atoms with Gasteiger partial charge in [0.1, 0.15) is 0 Å². The van der Waals surface area contributed by atoms with Crippen molar-refractivity contribution >= 4 is 0 Å². The van der Waals surface area contributed by atoms with Crippen molar-refractivity contribution in [2.45, 2.75) is 19.3 Å². The van der Waals surface area contributed by atoms with E-state index in [0.29, 0.717) is 16.7 Å². The molecule has 1 atom stereocenters. The predicted molar refractivity (Wildman–Crippen MR) is 66.5 cm³/mol. The quantitative estimate of drug-likeness (QED) is 0.917. The summed E-state index contributed by atoms with van der Waals surface area (Å²) in [6, 6.07) is 6.25. The van der Waals surface area contributed by atoms with E-state index in [2.05, 4.69) is 14.5 Å². The summed E-state index contributed by atoms with van der Waals surface area (Å²) in [5, 5.41) is 9.53. The van der Waals surface area contributed by atoms with E-state index < -0.39 is 12.4 Å². The summed E-state index contributed by atoms with van der Waals surface area (Å²) >= 11 is 0. The highest BCUT2D eigenvalue weighted by molar-refractivity contribution is 5.67. The summed E-state index contributed by atoms with van der Waals surface area (Å²) in [4.78, 5) is 4.02. The fourth-order valence-corrected chi connectivity index (χ4v) is 1.97. The molecule has 1 aliphatic heterocycles. The minimum absolute atomic E-state index is 0.00149. The van der Waals surface area contributed by atoms with Crippen LogP contribution in [0, 0.1) is 0 Å². The van der Waals surface area contributed by atoms with Crippen LogP contribution in [0.3, 0.4) is 0 Å². The van der Waals surface area contributed by atoms with Crippen molar-refractivity contribution < 1.29 is 23.4 Å². The monoisotopic (exact) mass is 279 g/mol. The summed E-state index contributed by atoms with van der Waals surface area (Å²) in [5.41, 5.74) is 2.00.